The van der Waals surface area contributed by atoms with Gasteiger partial charge in [-0.1, -0.05) is 91.0 Å². The van der Waals surface area contributed by atoms with Gasteiger partial charge in [0.25, 0.3) is 0 Å². The van der Waals surface area contributed by atoms with Gasteiger partial charge in [0.1, 0.15) is 0 Å². The Morgan fingerprint density at radius 1 is 0.786 bits per heavy atom. The molecule has 0 fully saturated rings. The van der Waals surface area contributed by atoms with Gasteiger partial charge >= 0.3 is 5.97 Å². The molecule has 3 atom stereocenters. The lowest BCUT2D eigenvalue weighted by molar-refractivity contribution is -0.137. The molecule has 144 valence electrons. The van der Waals surface area contributed by atoms with E-state index in [2.05, 4.69) is 5.32 Å². The van der Waals surface area contributed by atoms with Crippen LogP contribution in [-0.2, 0) is 15.6 Å². The molecule has 0 heterocycles. The molecule has 3 aromatic rings. The fourth-order valence-electron chi connectivity index (χ4n) is 3.16. The average Bonchev–Trinajstić information content (AvgIpc) is 2.74. The average molecular weight is 394 g/mol. The van der Waals surface area contributed by atoms with Crippen molar-refractivity contribution in [3.63, 3.8) is 0 Å². The molecular formula is C23H23NO3S. The SMILES string of the molecule is CC(NC(C(=O)O)S(=O)C(c1ccccc1)c1ccccc1)c1ccccc1. The fourth-order valence-corrected chi connectivity index (χ4v) is 4.82. The second-order valence-corrected chi connectivity index (χ2v) is 8.15. The van der Waals surface area contributed by atoms with Gasteiger partial charge in [0.2, 0.25) is 0 Å². The molecule has 0 saturated heterocycles. The Bertz CT molecular complexity index is 877. The number of aliphatic carboxylic acids is 1. The van der Waals surface area contributed by atoms with Crippen LogP contribution in [0.4, 0.5) is 0 Å². The van der Waals surface area contributed by atoms with E-state index in [1.807, 2.05) is 97.9 Å². The van der Waals surface area contributed by atoms with Crippen LogP contribution >= 0.6 is 0 Å². The third kappa shape index (κ3) is 4.74. The first-order chi connectivity index (χ1) is 13.6. The third-order valence-electron chi connectivity index (χ3n) is 4.59. The summed E-state index contributed by atoms with van der Waals surface area (Å²) < 4.78 is 13.5. The van der Waals surface area contributed by atoms with Gasteiger partial charge in [-0.25, -0.2) is 4.79 Å². The molecule has 0 aliphatic heterocycles. The number of hydrogen-bond acceptors (Lipinski definition) is 3. The summed E-state index contributed by atoms with van der Waals surface area (Å²) in [5, 5.41) is 11.1. The maximum atomic E-state index is 13.5. The van der Waals surface area contributed by atoms with E-state index in [1.54, 1.807) is 0 Å². The predicted molar refractivity (Wildman–Crippen MR) is 112 cm³/mol. The normalized spacial score (nSPS) is 14.4. The summed E-state index contributed by atoms with van der Waals surface area (Å²) in [7, 11) is -1.73. The zero-order chi connectivity index (χ0) is 19.9. The number of benzene rings is 3. The molecule has 0 saturated carbocycles. The molecule has 0 amide bonds. The van der Waals surface area contributed by atoms with Crippen molar-refractivity contribution in [2.75, 3.05) is 0 Å². The molecule has 0 bridgehead atoms. The molecule has 28 heavy (non-hydrogen) atoms. The van der Waals surface area contributed by atoms with Crippen LogP contribution in [-0.4, -0.2) is 20.7 Å². The van der Waals surface area contributed by atoms with E-state index in [0.717, 1.165) is 16.7 Å². The summed E-state index contributed by atoms with van der Waals surface area (Å²) in [6.07, 6.45) is 0. The van der Waals surface area contributed by atoms with Crippen molar-refractivity contribution in [2.24, 2.45) is 0 Å². The minimum absolute atomic E-state index is 0.251. The van der Waals surface area contributed by atoms with Crippen molar-refractivity contribution in [1.29, 1.82) is 0 Å². The van der Waals surface area contributed by atoms with E-state index in [0.29, 0.717) is 0 Å². The molecular weight excluding hydrogens is 370 g/mol. The van der Waals surface area contributed by atoms with E-state index < -0.39 is 27.4 Å². The highest BCUT2D eigenvalue weighted by molar-refractivity contribution is 7.86. The molecule has 0 radical (unpaired) electrons. The maximum absolute atomic E-state index is 13.5. The van der Waals surface area contributed by atoms with E-state index in [-0.39, 0.29) is 6.04 Å². The first-order valence-corrected chi connectivity index (χ1v) is 10.4. The van der Waals surface area contributed by atoms with Crippen molar-refractivity contribution in [3.8, 4) is 0 Å². The maximum Gasteiger partial charge on any atom is 0.333 e. The highest BCUT2D eigenvalue weighted by atomic mass is 32.2. The van der Waals surface area contributed by atoms with Gasteiger partial charge in [0, 0.05) is 6.04 Å². The minimum Gasteiger partial charge on any atom is -0.479 e. The van der Waals surface area contributed by atoms with Crippen molar-refractivity contribution < 1.29 is 14.1 Å². The van der Waals surface area contributed by atoms with Gasteiger partial charge in [0.15, 0.2) is 5.37 Å². The highest BCUT2D eigenvalue weighted by Crippen LogP contribution is 2.30. The van der Waals surface area contributed by atoms with Gasteiger partial charge in [-0.05, 0) is 23.6 Å². The Balaban J connectivity index is 1.94. The molecule has 0 aliphatic carbocycles. The summed E-state index contributed by atoms with van der Waals surface area (Å²) in [6.45, 7) is 1.88. The van der Waals surface area contributed by atoms with Gasteiger partial charge in [-0.2, -0.15) is 0 Å². The van der Waals surface area contributed by atoms with Crippen LogP contribution in [0.2, 0.25) is 0 Å². The first-order valence-electron chi connectivity index (χ1n) is 9.11. The topological polar surface area (TPSA) is 66.4 Å². The highest BCUT2D eigenvalue weighted by Gasteiger charge is 2.33. The number of hydrogen-bond donors (Lipinski definition) is 2. The molecule has 4 nitrogen and oxygen atoms in total. The van der Waals surface area contributed by atoms with E-state index in [4.69, 9.17) is 0 Å². The number of nitrogens with one attached hydrogen (secondary N) is 1. The van der Waals surface area contributed by atoms with Crippen LogP contribution < -0.4 is 5.32 Å². The molecule has 3 rings (SSSR count). The third-order valence-corrected chi connectivity index (χ3v) is 6.41. The Morgan fingerprint density at radius 3 is 1.57 bits per heavy atom. The van der Waals surface area contributed by atoms with Gasteiger partial charge in [-0.3, -0.25) is 9.53 Å². The fraction of sp³-hybridized carbons (Fsp3) is 0.174. The molecule has 3 unspecified atom stereocenters. The monoisotopic (exact) mass is 393 g/mol. The zero-order valence-corrected chi connectivity index (χ0v) is 16.4. The van der Waals surface area contributed by atoms with Crippen LogP contribution in [0, 0.1) is 0 Å². The van der Waals surface area contributed by atoms with Crippen molar-refractivity contribution in [2.45, 2.75) is 23.6 Å². The number of carboxylic acids is 1. The molecule has 0 spiro atoms. The van der Waals surface area contributed by atoms with Crippen LogP contribution in [0.5, 0.6) is 0 Å². The Labute approximate surface area is 167 Å². The Kier molecular flexibility index (Phi) is 6.74. The van der Waals surface area contributed by atoms with Crippen LogP contribution in [0.3, 0.4) is 0 Å². The second-order valence-electron chi connectivity index (χ2n) is 6.55. The summed E-state index contributed by atoms with van der Waals surface area (Å²) in [5.41, 5.74) is 2.60. The quantitative estimate of drug-likeness (QED) is 0.599. The van der Waals surface area contributed by atoms with Crippen molar-refractivity contribution in [1.82, 2.24) is 5.32 Å². The predicted octanol–water partition coefficient (Wildman–Crippen LogP) is 4.29. The summed E-state index contributed by atoms with van der Waals surface area (Å²) in [6, 6.07) is 28.1. The number of carboxylic acid groups (broad SMARTS) is 1. The minimum atomic E-state index is -1.73. The lowest BCUT2D eigenvalue weighted by atomic mass is 10.0. The molecule has 0 aromatic heterocycles. The van der Waals surface area contributed by atoms with E-state index >= 15 is 0 Å². The summed E-state index contributed by atoms with van der Waals surface area (Å²) >= 11 is 0. The van der Waals surface area contributed by atoms with Gasteiger partial charge in [0.05, 0.1) is 16.0 Å². The van der Waals surface area contributed by atoms with Crippen LogP contribution in [0.25, 0.3) is 0 Å². The van der Waals surface area contributed by atoms with E-state index in [1.165, 1.54) is 0 Å². The summed E-state index contributed by atoms with van der Waals surface area (Å²) in [4.78, 5) is 12.0. The smallest absolute Gasteiger partial charge is 0.333 e. The van der Waals surface area contributed by atoms with Crippen molar-refractivity contribution in [3.05, 3.63) is 108 Å². The zero-order valence-electron chi connectivity index (χ0n) is 15.6. The van der Waals surface area contributed by atoms with Crippen molar-refractivity contribution >= 4 is 16.8 Å². The summed E-state index contributed by atoms with van der Waals surface area (Å²) in [5.74, 6) is -1.13. The Morgan fingerprint density at radius 2 is 1.18 bits per heavy atom. The van der Waals surface area contributed by atoms with Gasteiger partial charge < -0.3 is 5.11 Å². The molecule has 2 N–H and O–H groups in total. The van der Waals surface area contributed by atoms with Crippen LogP contribution in [0.1, 0.15) is 34.9 Å². The standard InChI is InChI=1S/C23H23NO3S/c1-17(18-11-5-2-6-12-18)24-22(23(25)26)28(27)21(19-13-7-3-8-14-19)20-15-9-4-10-16-20/h2-17,21-22,24H,1H3,(H,25,26). The van der Waals surface area contributed by atoms with Crippen LogP contribution in [0.15, 0.2) is 91.0 Å². The van der Waals surface area contributed by atoms with Gasteiger partial charge in [-0.15, -0.1) is 0 Å². The Hall–Kier alpha value is -2.76. The second kappa shape index (κ2) is 9.44. The number of carbonyl (C=O) groups is 1. The van der Waals surface area contributed by atoms with E-state index in [9.17, 15) is 14.1 Å². The molecule has 0 aliphatic rings. The number of rotatable bonds is 8. The lowest BCUT2D eigenvalue weighted by Crippen LogP contribution is -2.43. The first kappa shape index (κ1) is 20.0. The lowest BCUT2D eigenvalue weighted by Gasteiger charge is -2.25. The molecule has 3 aromatic carbocycles. The molecule has 5 heteroatoms. The largest absolute Gasteiger partial charge is 0.479 e.